The van der Waals surface area contributed by atoms with Crippen LogP contribution < -0.4 is 5.32 Å². The van der Waals surface area contributed by atoms with Crippen LogP contribution in [-0.4, -0.2) is 53.6 Å². The molecule has 0 aromatic carbocycles. The highest BCUT2D eigenvalue weighted by Crippen LogP contribution is 2.23. The Bertz CT molecular complexity index is 339. The number of amides is 1. The average molecular weight is 295 g/mol. The van der Waals surface area contributed by atoms with E-state index in [9.17, 15) is 4.79 Å². The van der Waals surface area contributed by atoms with E-state index in [1.54, 1.807) is 0 Å². The van der Waals surface area contributed by atoms with Crippen LogP contribution in [0.15, 0.2) is 0 Å². The maximum atomic E-state index is 12.8. The number of hydrogen-bond donors (Lipinski definition) is 1. The summed E-state index contributed by atoms with van der Waals surface area (Å²) < 4.78 is 0. The molecule has 0 bridgehead atoms. The molecule has 2 aliphatic heterocycles. The van der Waals surface area contributed by atoms with Crippen molar-refractivity contribution in [3.05, 3.63) is 0 Å². The smallest absolute Gasteiger partial charge is 0.241 e. The van der Waals surface area contributed by atoms with Gasteiger partial charge in [0.1, 0.15) is 0 Å². The molecule has 2 saturated heterocycles. The van der Waals surface area contributed by atoms with Crippen molar-refractivity contribution in [1.29, 1.82) is 0 Å². The molecule has 4 heteroatoms. The van der Waals surface area contributed by atoms with Crippen LogP contribution in [0.3, 0.4) is 0 Å². The summed E-state index contributed by atoms with van der Waals surface area (Å²) in [6.45, 7) is 12.1. The highest BCUT2D eigenvalue weighted by Gasteiger charge is 2.42. The van der Waals surface area contributed by atoms with E-state index in [1.807, 2.05) is 0 Å². The molecule has 3 unspecified atom stereocenters. The third kappa shape index (κ3) is 3.98. The zero-order chi connectivity index (χ0) is 15.4. The Labute approximate surface area is 130 Å². The summed E-state index contributed by atoms with van der Waals surface area (Å²) in [6, 6.07) is 0.314. The largest absolute Gasteiger partial charge is 0.322 e. The second-order valence-corrected chi connectivity index (χ2v) is 7.15. The first-order valence-corrected chi connectivity index (χ1v) is 8.85. The molecule has 4 nitrogen and oxygen atoms in total. The Kier molecular flexibility index (Phi) is 6.06. The third-order valence-corrected chi connectivity index (χ3v) is 4.90. The summed E-state index contributed by atoms with van der Waals surface area (Å²) in [4.78, 5) is 17.4. The van der Waals surface area contributed by atoms with Crippen molar-refractivity contribution in [3.8, 4) is 0 Å². The molecule has 21 heavy (non-hydrogen) atoms. The fraction of sp³-hybridized carbons (Fsp3) is 0.941. The minimum Gasteiger partial charge on any atom is -0.322 e. The zero-order valence-corrected chi connectivity index (χ0v) is 14.3. The van der Waals surface area contributed by atoms with Gasteiger partial charge in [0.2, 0.25) is 5.91 Å². The molecule has 2 rings (SSSR count). The van der Waals surface area contributed by atoms with E-state index < -0.39 is 0 Å². The van der Waals surface area contributed by atoms with Gasteiger partial charge in [-0.25, -0.2) is 0 Å². The molecule has 0 radical (unpaired) electrons. The molecule has 0 aliphatic carbocycles. The van der Waals surface area contributed by atoms with Gasteiger partial charge < -0.3 is 9.80 Å². The number of likely N-dealkylation sites (tertiary alicyclic amines) is 1. The standard InChI is InChI=1S/C17H33N3O/c1-5-9-15-18-16(13(2)3)17(21)20(15)14(4)12-19-10-7-6-8-11-19/h13-16,18H,5-12H2,1-4H3. The molecule has 2 aliphatic rings. The van der Waals surface area contributed by atoms with Gasteiger partial charge in [-0.05, 0) is 45.2 Å². The summed E-state index contributed by atoms with van der Waals surface area (Å²) in [6.07, 6.45) is 6.39. The lowest BCUT2D eigenvalue weighted by molar-refractivity contribution is -0.133. The fourth-order valence-electron chi connectivity index (χ4n) is 3.77. The topological polar surface area (TPSA) is 35.6 Å². The molecule has 0 aromatic heterocycles. The first-order valence-electron chi connectivity index (χ1n) is 8.85. The SMILES string of the molecule is CCCC1NC(C(C)C)C(=O)N1C(C)CN1CCCCC1. The van der Waals surface area contributed by atoms with Gasteiger partial charge in [-0.3, -0.25) is 10.1 Å². The van der Waals surface area contributed by atoms with Crippen LogP contribution in [0, 0.1) is 5.92 Å². The van der Waals surface area contributed by atoms with Crippen LogP contribution in [0.4, 0.5) is 0 Å². The van der Waals surface area contributed by atoms with Gasteiger partial charge in [-0.15, -0.1) is 0 Å². The number of nitrogens with zero attached hydrogens (tertiary/aromatic N) is 2. The van der Waals surface area contributed by atoms with E-state index in [2.05, 4.69) is 42.8 Å². The summed E-state index contributed by atoms with van der Waals surface area (Å²) in [5.74, 6) is 0.678. The van der Waals surface area contributed by atoms with Crippen LogP contribution in [0.2, 0.25) is 0 Å². The monoisotopic (exact) mass is 295 g/mol. The van der Waals surface area contributed by atoms with E-state index in [0.29, 0.717) is 17.9 Å². The van der Waals surface area contributed by atoms with Crippen molar-refractivity contribution in [2.24, 2.45) is 5.92 Å². The van der Waals surface area contributed by atoms with Crippen molar-refractivity contribution < 1.29 is 4.79 Å². The second kappa shape index (κ2) is 7.59. The van der Waals surface area contributed by atoms with Crippen molar-refractivity contribution in [1.82, 2.24) is 15.1 Å². The fourth-order valence-corrected chi connectivity index (χ4v) is 3.77. The lowest BCUT2D eigenvalue weighted by atomic mass is 10.0. The van der Waals surface area contributed by atoms with E-state index in [0.717, 1.165) is 19.4 Å². The molecule has 1 amide bonds. The minimum absolute atomic E-state index is 0.00496. The predicted molar refractivity (Wildman–Crippen MR) is 87.1 cm³/mol. The van der Waals surface area contributed by atoms with Crippen molar-refractivity contribution in [2.75, 3.05) is 19.6 Å². The molecular formula is C17H33N3O. The Hall–Kier alpha value is -0.610. The molecule has 2 heterocycles. The summed E-state index contributed by atoms with van der Waals surface area (Å²) >= 11 is 0. The Morgan fingerprint density at radius 3 is 2.43 bits per heavy atom. The van der Waals surface area contributed by atoms with Crippen LogP contribution in [0.5, 0.6) is 0 Å². The quantitative estimate of drug-likeness (QED) is 0.817. The van der Waals surface area contributed by atoms with Gasteiger partial charge in [0.05, 0.1) is 12.2 Å². The number of piperidine rings is 1. The summed E-state index contributed by atoms with van der Waals surface area (Å²) in [7, 11) is 0. The number of hydrogen-bond acceptors (Lipinski definition) is 3. The molecule has 1 N–H and O–H groups in total. The van der Waals surface area contributed by atoms with Crippen molar-refractivity contribution in [2.45, 2.75) is 78.0 Å². The summed E-state index contributed by atoms with van der Waals surface area (Å²) in [5, 5.41) is 3.57. The zero-order valence-electron chi connectivity index (χ0n) is 14.3. The van der Waals surface area contributed by atoms with Crippen LogP contribution in [-0.2, 0) is 4.79 Å². The van der Waals surface area contributed by atoms with E-state index in [-0.39, 0.29) is 12.2 Å². The number of carbonyl (C=O) groups is 1. The molecule has 2 fully saturated rings. The highest BCUT2D eigenvalue weighted by atomic mass is 16.2. The van der Waals surface area contributed by atoms with Gasteiger partial charge in [-0.2, -0.15) is 0 Å². The van der Waals surface area contributed by atoms with Crippen molar-refractivity contribution >= 4 is 5.91 Å². The van der Waals surface area contributed by atoms with E-state index in [4.69, 9.17) is 0 Å². The molecule has 0 spiro atoms. The highest BCUT2D eigenvalue weighted by molar-refractivity contribution is 5.84. The number of rotatable bonds is 6. The first kappa shape index (κ1) is 16.8. The maximum absolute atomic E-state index is 12.8. The van der Waals surface area contributed by atoms with Gasteiger partial charge in [-0.1, -0.05) is 33.6 Å². The first-order chi connectivity index (χ1) is 10.0. The van der Waals surface area contributed by atoms with E-state index in [1.165, 1.54) is 32.4 Å². The predicted octanol–water partition coefficient (Wildman–Crippen LogP) is 2.44. The molecular weight excluding hydrogens is 262 g/mol. The lowest BCUT2D eigenvalue weighted by Gasteiger charge is -2.35. The normalized spacial score (nSPS) is 29.4. The maximum Gasteiger partial charge on any atom is 0.241 e. The molecule has 0 aromatic rings. The van der Waals surface area contributed by atoms with Crippen LogP contribution in [0.1, 0.15) is 59.8 Å². The van der Waals surface area contributed by atoms with Crippen molar-refractivity contribution in [3.63, 3.8) is 0 Å². The summed E-state index contributed by atoms with van der Waals surface area (Å²) in [5.41, 5.74) is 0. The van der Waals surface area contributed by atoms with E-state index >= 15 is 0 Å². The van der Waals surface area contributed by atoms with Crippen LogP contribution in [0.25, 0.3) is 0 Å². The molecule has 3 atom stereocenters. The second-order valence-electron chi connectivity index (χ2n) is 7.15. The van der Waals surface area contributed by atoms with Gasteiger partial charge >= 0.3 is 0 Å². The number of carbonyl (C=O) groups excluding carboxylic acids is 1. The molecule has 122 valence electrons. The Morgan fingerprint density at radius 1 is 1.19 bits per heavy atom. The van der Waals surface area contributed by atoms with Gasteiger partial charge in [0.25, 0.3) is 0 Å². The van der Waals surface area contributed by atoms with Crippen LogP contribution >= 0.6 is 0 Å². The Balaban J connectivity index is 2.00. The molecule has 0 saturated carbocycles. The number of nitrogens with one attached hydrogen (secondary N) is 1. The van der Waals surface area contributed by atoms with Gasteiger partial charge in [0, 0.05) is 12.6 Å². The lowest BCUT2D eigenvalue weighted by Crippen LogP contribution is -2.49. The van der Waals surface area contributed by atoms with Gasteiger partial charge in [0.15, 0.2) is 0 Å². The third-order valence-electron chi connectivity index (χ3n) is 4.90. The average Bonchev–Trinajstić information content (AvgIpc) is 2.77. The Morgan fingerprint density at radius 2 is 1.86 bits per heavy atom. The minimum atomic E-state index is 0.00496.